The number of sulfonamides is 1. The monoisotopic (exact) mass is 334 g/mol. The number of nitrogens with zero attached hydrogens (tertiary/aromatic N) is 1. The van der Waals surface area contributed by atoms with Crippen LogP contribution in [0.3, 0.4) is 0 Å². The highest BCUT2D eigenvalue weighted by molar-refractivity contribution is 7.89. The molecular weight excluding hydrogens is 316 g/mol. The molecule has 7 heteroatoms. The van der Waals surface area contributed by atoms with Gasteiger partial charge in [-0.1, -0.05) is 36.4 Å². The molecule has 1 saturated heterocycles. The maximum Gasteiger partial charge on any atom is 0.407 e. The summed E-state index contributed by atoms with van der Waals surface area (Å²) < 4.78 is 27.6. The van der Waals surface area contributed by atoms with Gasteiger partial charge in [-0.25, -0.2) is 17.9 Å². The maximum atomic E-state index is 12.5. The average Bonchev–Trinajstić information content (AvgIpc) is 2.48. The normalized spacial score (nSPS) is 15.6. The third-order valence-electron chi connectivity index (χ3n) is 4.11. The quantitative estimate of drug-likeness (QED) is 0.877. The molecule has 1 amide bonds. The third-order valence-corrected chi connectivity index (χ3v) is 5.63. The van der Waals surface area contributed by atoms with Gasteiger partial charge in [-0.2, -0.15) is 0 Å². The minimum absolute atomic E-state index is 0.223. The van der Waals surface area contributed by atoms with Crippen LogP contribution in [-0.4, -0.2) is 44.2 Å². The Hall–Kier alpha value is -2.12. The SMILES string of the molecule is O=C(O)N1CC(CCNS(=O)(=O)c2cccc3ccccc23)C1. The van der Waals surface area contributed by atoms with Gasteiger partial charge in [-0.05, 0) is 23.8 Å². The van der Waals surface area contributed by atoms with Gasteiger partial charge in [0.15, 0.2) is 0 Å². The molecule has 1 aliphatic heterocycles. The fourth-order valence-electron chi connectivity index (χ4n) is 2.81. The van der Waals surface area contributed by atoms with Gasteiger partial charge in [0.1, 0.15) is 0 Å². The van der Waals surface area contributed by atoms with Gasteiger partial charge in [0.2, 0.25) is 10.0 Å². The Balaban J connectivity index is 1.64. The van der Waals surface area contributed by atoms with Crippen molar-refractivity contribution < 1.29 is 18.3 Å². The zero-order chi connectivity index (χ0) is 16.4. The number of amides is 1. The zero-order valence-electron chi connectivity index (χ0n) is 12.5. The van der Waals surface area contributed by atoms with Crippen molar-refractivity contribution in [1.29, 1.82) is 0 Å². The molecule has 1 aliphatic rings. The molecule has 0 atom stereocenters. The molecular formula is C16H18N2O4S. The molecule has 0 spiro atoms. The zero-order valence-corrected chi connectivity index (χ0v) is 13.3. The van der Waals surface area contributed by atoms with Gasteiger partial charge in [-0.15, -0.1) is 0 Å². The van der Waals surface area contributed by atoms with E-state index < -0.39 is 16.1 Å². The van der Waals surface area contributed by atoms with Crippen LogP contribution in [-0.2, 0) is 10.0 Å². The Morgan fingerprint density at radius 3 is 2.61 bits per heavy atom. The minimum atomic E-state index is -3.58. The van der Waals surface area contributed by atoms with E-state index in [2.05, 4.69) is 4.72 Å². The van der Waals surface area contributed by atoms with E-state index in [0.29, 0.717) is 31.4 Å². The van der Waals surface area contributed by atoms with Crippen molar-refractivity contribution in [2.75, 3.05) is 19.6 Å². The summed E-state index contributed by atoms with van der Waals surface area (Å²) in [5.41, 5.74) is 0. The highest BCUT2D eigenvalue weighted by Gasteiger charge is 2.30. The predicted molar refractivity (Wildman–Crippen MR) is 86.8 cm³/mol. The first-order valence-corrected chi connectivity index (χ1v) is 8.91. The number of hydrogen-bond donors (Lipinski definition) is 2. The number of nitrogens with one attached hydrogen (secondary N) is 1. The van der Waals surface area contributed by atoms with E-state index in [-0.39, 0.29) is 10.8 Å². The molecule has 2 aromatic rings. The van der Waals surface area contributed by atoms with Crippen LogP contribution in [0, 0.1) is 5.92 Å². The topological polar surface area (TPSA) is 86.7 Å². The van der Waals surface area contributed by atoms with Crippen molar-refractivity contribution in [3.05, 3.63) is 42.5 Å². The molecule has 1 heterocycles. The summed E-state index contributed by atoms with van der Waals surface area (Å²) in [5.74, 6) is 0.223. The molecule has 6 nitrogen and oxygen atoms in total. The Morgan fingerprint density at radius 2 is 1.87 bits per heavy atom. The number of benzene rings is 2. The lowest BCUT2D eigenvalue weighted by molar-refractivity contribution is 0.0790. The Morgan fingerprint density at radius 1 is 1.17 bits per heavy atom. The van der Waals surface area contributed by atoms with E-state index in [1.54, 1.807) is 18.2 Å². The lowest BCUT2D eigenvalue weighted by Gasteiger charge is -2.37. The van der Waals surface area contributed by atoms with Gasteiger partial charge in [0.25, 0.3) is 0 Å². The van der Waals surface area contributed by atoms with Crippen LogP contribution in [0.4, 0.5) is 4.79 Å². The molecule has 0 unspecified atom stereocenters. The molecule has 122 valence electrons. The van der Waals surface area contributed by atoms with Gasteiger partial charge in [-0.3, -0.25) is 0 Å². The van der Waals surface area contributed by atoms with Gasteiger partial charge >= 0.3 is 6.09 Å². The van der Waals surface area contributed by atoms with Crippen LogP contribution in [0.2, 0.25) is 0 Å². The van der Waals surface area contributed by atoms with Crippen molar-refractivity contribution in [3.63, 3.8) is 0 Å². The van der Waals surface area contributed by atoms with E-state index in [0.717, 1.165) is 5.39 Å². The van der Waals surface area contributed by atoms with Crippen LogP contribution in [0.25, 0.3) is 10.8 Å². The molecule has 23 heavy (non-hydrogen) atoms. The minimum Gasteiger partial charge on any atom is -0.465 e. The number of carboxylic acid groups (broad SMARTS) is 1. The first-order valence-electron chi connectivity index (χ1n) is 7.43. The molecule has 0 bridgehead atoms. The van der Waals surface area contributed by atoms with Crippen LogP contribution in [0.15, 0.2) is 47.4 Å². The molecule has 2 aromatic carbocycles. The third kappa shape index (κ3) is 3.30. The fourth-order valence-corrected chi connectivity index (χ4v) is 4.09. The van der Waals surface area contributed by atoms with E-state index in [4.69, 9.17) is 5.11 Å². The fraction of sp³-hybridized carbons (Fsp3) is 0.312. The Labute approximate surface area is 134 Å². The summed E-state index contributed by atoms with van der Waals surface area (Å²) in [6.45, 7) is 1.26. The summed E-state index contributed by atoms with van der Waals surface area (Å²) in [6, 6.07) is 12.6. The van der Waals surface area contributed by atoms with Crippen LogP contribution < -0.4 is 4.72 Å². The largest absolute Gasteiger partial charge is 0.465 e. The second-order valence-electron chi connectivity index (χ2n) is 5.72. The summed E-state index contributed by atoms with van der Waals surface area (Å²) in [4.78, 5) is 12.3. The van der Waals surface area contributed by atoms with Crippen LogP contribution >= 0.6 is 0 Å². The summed E-state index contributed by atoms with van der Waals surface area (Å²) >= 11 is 0. The molecule has 3 rings (SSSR count). The van der Waals surface area contributed by atoms with Gasteiger partial charge < -0.3 is 10.0 Å². The second-order valence-corrected chi connectivity index (χ2v) is 7.45. The molecule has 0 aliphatic carbocycles. The van der Waals surface area contributed by atoms with Crippen molar-refractivity contribution in [3.8, 4) is 0 Å². The van der Waals surface area contributed by atoms with Crippen LogP contribution in [0.5, 0.6) is 0 Å². The molecule has 0 saturated carbocycles. The number of likely N-dealkylation sites (tertiary alicyclic amines) is 1. The lowest BCUT2D eigenvalue weighted by atomic mass is 9.97. The highest BCUT2D eigenvalue weighted by atomic mass is 32.2. The molecule has 2 N–H and O–H groups in total. The second kappa shape index (κ2) is 6.17. The van der Waals surface area contributed by atoms with Crippen LogP contribution in [0.1, 0.15) is 6.42 Å². The first kappa shape index (κ1) is 15.8. The highest BCUT2D eigenvalue weighted by Crippen LogP contribution is 2.23. The number of hydrogen-bond acceptors (Lipinski definition) is 3. The van der Waals surface area contributed by atoms with E-state index >= 15 is 0 Å². The van der Waals surface area contributed by atoms with Gasteiger partial charge in [0.05, 0.1) is 4.90 Å². The molecule has 0 aromatic heterocycles. The van der Waals surface area contributed by atoms with Crippen molar-refractivity contribution in [1.82, 2.24) is 9.62 Å². The van der Waals surface area contributed by atoms with Gasteiger partial charge in [0, 0.05) is 25.0 Å². The number of fused-ring (bicyclic) bond motifs is 1. The number of rotatable bonds is 5. The first-order chi connectivity index (χ1) is 11.0. The maximum absolute atomic E-state index is 12.5. The average molecular weight is 334 g/mol. The Kier molecular flexibility index (Phi) is 4.23. The lowest BCUT2D eigenvalue weighted by Crippen LogP contribution is -2.50. The Bertz CT molecular complexity index is 824. The summed E-state index contributed by atoms with van der Waals surface area (Å²) in [6.07, 6.45) is -0.286. The molecule has 0 radical (unpaired) electrons. The van der Waals surface area contributed by atoms with Crippen molar-refractivity contribution in [2.24, 2.45) is 5.92 Å². The van der Waals surface area contributed by atoms with E-state index in [1.165, 1.54) is 4.90 Å². The smallest absolute Gasteiger partial charge is 0.407 e. The van der Waals surface area contributed by atoms with Crippen molar-refractivity contribution in [2.45, 2.75) is 11.3 Å². The summed E-state index contributed by atoms with van der Waals surface area (Å²) in [5, 5.41) is 10.3. The number of carbonyl (C=O) groups is 1. The van der Waals surface area contributed by atoms with E-state index in [9.17, 15) is 13.2 Å². The molecule has 1 fully saturated rings. The standard InChI is InChI=1S/C16H18N2O4S/c19-16(20)18-10-12(11-18)8-9-17-23(21,22)15-7-3-5-13-4-1-2-6-14(13)15/h1-7,12,17H,8-11H2,(H,19,20). The van der Waals surface area contributed by atoms with E-state index in [1.807, 2.05) is 24.3 Å². The summed E-state index contributed by atoms with van der Waals surface area (Å²) in [7, 11) is -3.58. The van der Waals surface area contributed by atoms with Crippen molar-refractivity contribution >= 4 is 26.9 Å². The predicted octanol–water partition coefficient (Wildman–Crippen LogP) is 2.12.